The molecular weight excluding hydrogens is 427 g/mol. The Kier molecular flexibility index (Phi) is 9.57. The van der Waals surface area contributed by atoms with E-state index in [-0.39, 0.29) is 6.42 Å². The minimum Gasteiger partial charge on any atom is -0.480 e. The van der Waals surface area contributed by atoms with Crippen LogP contribution in [0.2, 0.25) is 0 Å². The van der Waals surface area contributed by atoms with Crippen LogP contribution < -0.4 is 0 Å². The van der Waals surface area contributed by atoms with E-state index in [1.54, 1.807) is 12.2 Å². The van der Waals surface area contributed by atoms with Crippen LogP contribution in [0.5, 0.6) is 0 Å². The number of nitrogens with zero attached hydrogens (tertiary/aromatic N) is 2. The maximum absolute atomic E-state index is 11.8. The van der Waals surface area contributed by atoms with Gasteiger partial charge in [-0.05, 0) is 35.7 Å². The Morgan fingerprint density at radius 1 is 0.969 bits per heavy atom. The highest BCUT2D eigenvalue weighted by Crippen LogP contribution is 2.35. The fourth-order valence-corrected chi connectivity index (χ4v) is 4.25. The minimum absolute atomic E-state index is 0.224. The van der Waals surface area contributed by atoms with Gasteiger partial charge in [-0.3, -0.25) is 19.2 Å². The molecule has 0 aromatic heterocycles. The van der Waals surface area contributed by atoms with E-state index in [1.807, 2.05) is 48.5 Å². The summed E-state index contributed by atoms with van der Waals surface area (Å²) in [6, 6.07) is 15.0. The lowest BCUT2D eigenvalue weighted by molar-refractivity contribution is -0.142. The fraction of sp³-hybridized carbons (Fsp3) is 0.292. The molecule has 0 radical (unpaired) electrons. The highest BCUT2D eigenvalue weighted by Gasteiger charge is 2.28. The molecule has 0 saturated carbocycles. The predicted molar refractivity (Wildman–Crippen MR) is 128 cm³/mol. The Morgan fingerprint density at radius 2 is 1.41 bits per heavy atom. The molecule has 0 saturated heterocycles. The third kappa shape index (κ3) is 8.54. The van der Waals surface area contributed by atoms with Crippen molar-refractivity contribution in [1.29, 1.82) is 0 Å². The summed E-state index contributed by atoms with van der Waals surface area (Å²) in [6.07, 6.45) is 3.17. The summed E-state index contributed by atoms with van der Waals surface area (Å²) in [4.78, 5) is 33.6. The van der Waals surface area contributed by atoms with Crippen LogP contribution >= 0.6 is 7.60 Å². The minimum atomic E-state index is -4.36. The summed E-state index contributed by atoms with van der Waals surface area (Å²) in [5, 5.41) is 9.62. The molecule has 1 atom stereocenters. The van der Waals surface area contributed by atoms with E-state index >= 15 is 0 Å². The lowest BCUT2D eigenvalue weighted by Crippen LogP contribution is -2.41. The number of aliphatic carboxylic acids is 1. The van der Waals surface area contributed by atoms with Gasteiger partial charge in [0.25, 0.3) is 0 Å². The summed E-state index contributed by atoms with van der Waals surface area (Å²) >= 11 is 0. The number of carbonyl (C=O) groups is 1. The van der Waals surface area contributed by atoms with Gasteiger partial charge in [-0.1, -0.05) is 73.8 Å². The van der Waals surface area contributed by atoms with Crippen molar-refractivity contribution in [3.05, 3.63) is 83.9 Å². The van der Waals surface area contributed by atoms with Gasteiger partial charge in [-0.25, -0.2) is 0 Å². The lowest BCUT2D eigenvalue weighted by atomic mass is 10.1. The molecule has 0 fully saturated rings. The Morgan fingerprint density at radius 3 is 1.75 bits per heavy atom. The highest BCUT2D eigenvalue weighted by atomic mass is 31.2. The molecule has 7 nitrogen and oxygen atoms in total. The quantitative estimate of drug-likeness (QED) is 0.392. The fourth-order valence-electron chi connectivity index (χ4n) is 3.48. The van der Waals surface area contributed by atoms with Gasteiger partial charge in [0, 0.05) is 19.6 Å². The standard InChI is InChI=1S/C24H31N2O5P/c1-4-19-6-10-21(11-7-19)16-26(17-22-12-8-20(5-2)9-13-22)15-14-23(24(27)28)25(3)18-32(29,30)31/h4-13,23H,1-2,14-18H2,3H3,(H,27,28)(H2,29,30,31). The number of likely N-dealkylation sites (N-methyl/N-ethyl adjacent to an activating group) is 1. The Balaban J connectivity index is 2.17. The zero-order valence-corrected chi connectivity index (χ0v) is 19.2. The lowest BCUT2D eigenvalue weighted by Gasteiger charge is -2.28. The molecule has 2 aromatic carbocycles. The van der Waals surface area contributed by atoms with E-state index in [0.29, 0.717) is 19.6 Å². The van der Waals surface area contributed by atoms with Crippen molar-refractivity contribution < 1.29 is 24.3 Å². The highest BCUT2D eigenvalue weighted by molar-refractivity contribution is 7.51. The molecule has 2 aromatic rings. The first-order valence-electron chi connectivity index (χ1n) is 10.2. The average Bonchev–Trinajstić information content (AvgIpc) is 2.73. The van der Waals surface area contributed by atoms with Crippen LogP contribution in [-0.2, 0) is 22.4 Å². The topological polar surface area (TPSA) is 101 Å². The summed E-state index contributed by atoms with van der Waals surface area (Å²) in [5.41, 5.74) is 4.19. The second kappa shape index (κ2) is 11.9. The van der Waals surface area contributed by atoms with Gasteiger partial charge in [0.1, 0.15) is 12.3 Å². The molecule has 0 heterocycles. The molecule has 0 spiro atoms. The Hall–Kier alpha value is -2.54. The van der Waals surface area contributed by atoms with Crippen LogP contribution in [0.1, 0.15) is 28.7 Å². The molecule has 0 amide bonds. The Labute approximate surface area is 189 Å². The monoisotopic (exact) mass is 458 g/mol. The molecule has 0 aliphatic rings. The number of hydrogen-bond acceptors (Lipinski definition) is 4. The molecule has 2 rings (SSSR count). The van der Waals surface area contributed by atoms with E-state index < -0.39 is 25.9 Å². The number of rotatable bonds is 13. The number of carboxylic acids is 1. The molecule has 8 heteroatoms. The van der Waals surface area contributed by atoms with Gasteiger partial charge >= 0.3 is 13.6 Å². The zero-order chi connectivity index (χ0) is 23.7. The molecule has 172 valence electrons. The second-order valence-corrected chi connectivity index (χ2v) is 9.42. The first-order chi connectivity index (χ1) is 15.1. The van der Waals surface area contributed by atoms with E-state index in [1.165, 1.54) is 11.9 Å². The van der Waals surface area contributed by atoms with E-state index in [4.69, 9.17) is 0 Å². The van der Waals surface area contributed by atoms with E-state index in [0.717, 1.165) is 22.3 Å². The van der Waals surface area contributed by atoms with Crippen LogP contribution in [0.25, 0.3) is 12.2 Å². The predicted octanol–water partition coefficient (Wildman–Crippen LogP) is 3.89. The summed E-state index contributed by atoms with van der Waals surface area (Å²) < 4.78 is 11.3. The van der Waals surface area contributed by atoms with Gasteiger partial charge < -0.3 is 14.9 Å². The van der Waals surface area contributed by atoms with E-state index in [9.17, 15) is 24.3 Å². The van der Waals surface area contributed by atoms with Gasteiger partial charge in [-0.2, -0.15) is 0 Å². The molecule has 0 aliphatic heterocycles. The number of carboxylic acid groups (broad SMARTS) is 1. The van der Waals surface area contributed by atoms with E-state index in [2.05, 4.69) is 18.1 Å². The van der Waals surface area contributed by atoms with Crippen LogP contribution in [0.3, 0.4) is 0 Å². The maximum Gasteiger partial charge on any atom is 0.339 e. The molecule has 0 bridgehead atoms. The van der Waals surface area contributed by atoms with Crippen LogP contribution in [-0.4, -0.2) is 56.6 Å². The van der Waals surface area contributed by atoms with Crippen molar-refractivity contribution in [3.8, 4) is 0 Å². The van der Waals surface area contributed by atoms with Crippen LogP contribution in [0, 0.1) is 0 Å². The van der Waals surface area contributed by atoms with Gasteiger partial charge in [-0.15, -0.1) is 0 Å². The molecule has 32 heavy (non-hydrogen) atoms. The molecule has 1 unspecified atom stereocenters. The van der Waals surface area contributed by atoms with Crippen LogP contribution in [0.4, 0.5) is 0 Å². The number of benzene rings is 2. The third-order valence-electron chi connectivity index (χ3n) is 5.19. The maximum atomic E-state index is 11.8. The van der Waals surface area contributed by atoms with Gasteiger partial charge in [0.05, 0.1) is 0 Å². The van der Waals surface area contributed by atoms with Crippen LogP contribution in [0.15, 0.2) is 61.7 Å². The molecular formula is C24H31N2O5P. The normalized spacial score (nSPS) is 12.7. The van der Waals surface area contributed by atoms with Crippen molar-refractivity contribution in [2.45, 2.75) is 25.6 Å². The summed E-state index contributed by atoms with van der Waals surface area (Å²) in [5.74, 6) is -1.11. The average molecular weight is 458 g/mol. The smallest absolute Gasteiger partial charge is 0.339 e. The first-order valence-corrected chi connectivity index (χ1v) is 12.0. The molecule has 0 aliphatic carbocycles. The van der Waals surface area contributed by atoms with Crippen molar-refractivity contribution in [2.24, 2.45) is 0 Å². The Bertz CT molecular complexity index is 900. The second-order valence-electron chi connectivity index (χ2n) is 7.81. The van der Waals surface area contributed by atoms with Gasteiger partial charge in [0.2, 0.25) is 0 Å². The zero-order valence-electron chi connectivity index (χ0n) is 18.3. The van der Waals surface area contributed by atoms with Crippen molar-refractivity contribution in [1.82, 2.24) is 9.80 Å². The largest absolute Gasteiger partial charge is 0.480 e. The summed E-state index contributed by atoms with van der Waals surface area (Å²) in [6.45, 7) is 9.18. The SMILES string of the molecule is C=Cc1ccc(CN(CCC(C(=O)O)N(C)CP(=O)(O)O)Cc2ccc(C=C)cc2)cc1. The van der Waals surface area contributed by atoms with Gasteiger partial charge in [0.15, 0.2) is 0 Å². The van der Waals surface area contributed by atoms with Crippen molar-refractivity contribution in [2.75, 3.05) is 19.9 Å². The first kappa shape index (κ1) is 25.7. The molecule has 3 N–H and O–H groups in total. The summed E-state index contributed by atoms with van der Waals surface area (Å²) in [7, 11) is -2.93. The van der Waals surface area contributed by atoms with Crippen molar-refractivity contribution in [3.63, 3.8) is 0 Å². The third-order valence-corrected chi connectivity index (χ3v) is 6.00. The number of hydrogen-bond donors (Lipinski definition) is 3. The van der Waals surface area contributed by atoms with Crippen molar-refractivity contribution >= 4 is 25.7 Å².